The molecule has 1 aromatic carbocycles. The largest absolute Gasteiger partial charge is 0.235 e. The summed E-state index contributed by atoms with van der Waals surface area (Å²) in [7, 11) is 0. The first-order valence-corrected chi connectivity index (χ1v) is 6.49. The van der Waals surface area contributed by atoms with Gasteiger partial charge in [-0.15, -0.1) is 5.10 Å². The van der Waals surface area contributed by atoms with Crippen LogP contribution in [-0.2, 0) is 0 Å². The molecule has 0 bridgehead atoms. The summed E-state index contributed by atoms with van der Waals surface area (Å²) >= 11 is 0. The van der Waals surface area contributed by atoms with Crippen LogP contribution in [-0.4, -0.2) is 19.6 Å². The van der Waals surface area contributed by atoms with Crippen molar-refractivity contribution in [1.29, 1.82) is 0 Å². The molecule has 0 unspecified atom stereocenters. The van der Waals surface area contributed by atoms with Crippen LogP contribution >= 0.6 is 0 Å². The quantitative estimate of drug-likeness (QED) is 0.527. The molecule has 0 saturated heterocycles. The summed E-state index contributed by atoms with van der Waals surface area (Å²) in [5.74, 6) is 0. The summed E-state index contributed by atoms with van der Waals surface area (Å²) < 4.78 is 1.88. The second-order valence-electron chi connectivity index (χ2n) is 4.76. The molecule has 0 fully saturated rings. The normalized spacial score (nSPS) is 11.2. The Kier molecular flexibility index (Phi) is 2.29. The van der Waals surface area contributed by atoms with Crippen molar-refractivity contribution in [3.63, 3.8) is 0 Å². The number of benzene rings is 1. The molecule has 4 heteroatoms. The van der Waals surface area contributed by atoms with E-state index >= 15 is 0 Å². The molecule has 0 amide bonds. The molecule has 0 spiro atoms. The molecule has 0 N–H and O–H groups in total. The van der Waals surface area contributed by atoms with E-state index in [2.05, 4.69) is 27.2 Å². The zero-order chi connectivity index (χ0) is 13.5. The Morgan fingerprint density at radius 3 is 2.70 bits per heavy atom. The van der Waals surface area contributed by atoms with E-state index < -0.39 is 0 Å². The third-order valence-corrected chi connectivity index (χ3v) is 3.35. The number of rotatable bonds is 1. The number of aromatic nitrogens is 4. The van der Waals surface area contributed by atoms with Gasteiger partial charge in [-0.2, -0.15) is 0 Å². The lowest BCUT2D eigenvalue weighted by atomic mass is 10.1. The molecular weight excluding hydrogens is 248 g/mol. The summed E-state index contributed by atoms with van der Waals surface area (Å²) in [5.41, 5.74) is 4.71. The van der Waals surface area contributed by atoms with Crippen LogP contribution in [0.25, 0.3) is 27.9 Å². The highest BCUT2D eigenvalue weighted by Gasteiger charge is 2.12. The van der Waals surface area contributed by atoms with Crippen molar-refractivity contribution in [2.24, 2.45) is 0 Å². The van der Waals surface area contributed by atoms with Gasteiger partial charge in [-0.05, 0) is 25.1 Å². The molecule has 3 heterocycles. The maximum Gasteiger partial charge on any atom is 0.183 e. The van der Waals surface area contributed by atoms with Crippen LogP contribution in [0.2, 0.25) is 0 Å². The zero-order valence-corrected chi connectivity index (χ0v) is 11.0. The minimum absolute atomic E-state index is 0.725. The number of hydrogen-bond donors (Lipinski definition) is 0. The zero-order valence-electron chi connectivity index (χ0n) is 11.0. The van der Waals surface area contributed by atoms with Gasteiger partial charge in [0.1, 0.15) is 0 Å². The topological polar surface area (TPSA) is 43.1 Å². The van der Waals surface area contributed by atoms with Crippen LogP contribution in [0, 0.1) is 6.92 Å². The van der Waals surface area contributed by atoms with E-state index in [9.17, 15) is 0 Å². The number of pyridine rings is 1. The minimum atomic E-state index is 0.725. The van der Waals surface area contributed by atoms with Crippen LogP contribution in [0.15, 0.2) is 54.7 Å². The van der Waals surface area contributed by atoms with Crippen LogP contribution in [0.5, 0.6) is 0 Å². The average Bonchev–Trinajstić information content (AvgIpc) is 2.86. The van der Waals surface area contributed by atoms with Crippen LogP contribution in [0.3, 0.4) is 0 Å². The molecule has 0 atom stereocenters. The van der Waals surface area contributed by atoms with Crippen molar-refractivity contribution >= 4 is 16.7 Å². The van der Waals surface area contributed by atoms with Crippen molar-refractivity contribution in [2.75, 3.05) is 0 Å². The van der Waals surface area contributed by atoms with Gasteiger partial charge < -0.3 is 0 Å². The smallest absolute Gasteiger partial charge is 0.183 e. The third-order valence-electron chi connectivity index (χ3n) is 3.35. The molecule has 4 nitrogen and oxygen atoms in total. The standard InChI is InChI=1S/C16H12N4/c1-11-10-14(12-6-3-2-4-7-12)20-16(18-11)13-8-5-9-17-15(13)19-20/h2-10H,1H3. The van der Waals surface area contributed by atoms with E-state index in [1.807, 2.05) is 47.8 Å². The van der Waals surface area contributed by atoms with E-state index in [-0.39, 0.29) is 0 Å². The molecule has 0 aliphatic rings. The van der Waals surface area contributed by atoms with Gasteiger partial charge in [0.2, 0.25) is 0 Å². The lowest BCUT2D eigenvalue weighted by Gasteiger charge is -2.05. The van der Waals surface area contributed by atoms with Crippen LogP contribution < -0.4 is 0 Å². The second-order valence-corrected chi connectivity index (χ2v) is 4.76. The Morgan fingerprint density at radius 1 is 1.00 bits per heavy atom. The lowest BCUT2D eigenvalue weighted by Crippen LogP contribution is -1.97. The molecule has 0 aliphatic carbocycles. The Hall–Kier alpha value is -2.75. The van der Waals surface area contributed by atoms with E-state index in [4.69, 9.17) is 0 Å². The highest BCUT2D eigenvalue weighted by atomic mass is 15.3. The number of nitrogens with zero attached hydrogens (tertiary/aromatic N) is 4. The third kappa shape index (κ3) is 1.58. The molecular formula is C16H12N4. The first-order valence-electron chi connectivity index (χ1n) is 6.49. The lowest BCUT2D eigenvalue weighted by molar-refractivity contribution is 0.946. The first kappa shape index (κ1) is 11.1. The van der Waals surface area contributed by atoms with E-state index in [1.54, 1.807) is 6.20 Å². The maximum absolute atomic E-state index is 4.61. The SMILES string of the molecule is Cc1cc(-c2ccccc2)n2nc3ncccc3c2n1. The van der Waals surface area contributed by atoms with Gasteiger partial charge in [-0.25, -0.2) is 14.5 Å². The average molecular weight is 260 g/mol. The van der Waals surface area contributed by atoms with Crippen molar-refractivity contribution in [3.05, 3.63) is 60.4 Å². The Bertz CT molecular complexity index is 910. The van der Waals surface area contributed by atoms with E-state index in [0.29, 0.717) is 0 Å². The predicted octanol–water partition coefficient (Wildman–Crippen LogP) is 3.25. The van der Waals surface area contributed by atoms with Gasteiger partial charge in [-0.1, -0.05) is 30.3 Å². The van der Waals surface area contributed by atoms with Crippen molar-refractivity contribution in [2.45, 2.75) is 6.92 Å². The van der Waals surface area contributed by atoms with Crippen molar-refractivity contribution in [1.82, 2.24) is 19.6 Å². The van der Waals surface area contributed by atoms with Gasteiger partial charge in [-0.3, -0.25) is 0 Å². The van der Waals surface area contributed by atoms with Crippen LogP contribution in [0.1, 0.15) is 5.69 Å². The van der Waals surface area contributed by atoms with Crippen molar-refractivity contribution < 1.29 is 0 Å². The molecule has 0 aliphatic heterocycles. The molecule has 4 rings (SSSR count). The monoisotopic (exact) mass is 260 g/mol. The van der Waals surface area contributed by atoms with Gasteiger partial charge >= 0.3 is 0 Å². The predicted molar refractivity (Wildman–Crippen MR) is 78.5 cm³/mol. The summed E-state index contributed by atoms with van der Waals surface area (Å²) in [6.45, 7) is 2.00. The summed E-state index contributed by atoms with van der Waals surface area (Å²) in [5, 5.41) is 5.56. The molecule has 20 heavy (non-hydrogen) atoms. The molecule has 96 valence electrons. The second kappa shape index (κ2) is 4.13. The Morgan fingerprint density at radius 2 is 1.85 bits per heavy atom. The van der Waals surface area contributed by atoms with Crippen LogP contribution in [0.4, 0.5) is 0 Å². The summed E-state index contributed by atoms with van der Waals surface area (Å²) in [6, 6.07) is 16.2. The highest BCUT2D eigenvalue weighted by molar-refractivity contribution is 5.90. The fraction of sp³-hybridized carbons (Fsp3) is 0.0625. The fourth-order valence-electron chi connectivity index (χ4n) is 2.46. The molecule has 4 aromatic rings. The number of hydrogen-bond acceptors (Lipinski definition) is 3. The summed E-state index contributed by atoms with van der Waals surface area (Å²) in [4.78, 5) is 8.92. The maximum atomic E-state index is 4.61. The highest BCUT2D eigenvalue weighted by Crippen LogP contribution is 2.24. The summed E-state index contributed by atoms with van der Waals surface area (Å²) in [6.07, 6.45) is 1.75. The minimum Gasteiger partial charge on any atom is -0.235 e. The van der Waals surface area contributed by atoms with Gasteiger partial charge in [0.25, 0.3) is 0 Å². The fourth-order valence-corrected chi connectivity index (χ4v) is 2.46. The van der Waals surface area contributed by atoms with Crippen molar-refractivity contribution in [3.8, 4) is 11.3 Å². The molecule has 3 aromatic heterocycles. The van der Waals surface area contributed by atoms with E-state index in [1.165, 1.54) is 0 Å². The van der Waals surface area contributed by atoms with E-state index in [0.717, 1.165) is 33.6 Å². The Balaban J connectivity index is 2.16. The number of fused-ring (bicyclic) bond motifs is 3. The first-order chi connectivity index (χ1) is 9.83. The van der Waals surface area contributed by atoms with Gasteiger partial charge in [0.05, 0.1) is 11.1 Å². The molecule has 0 saturated carbocycles. The Labute approximate surface area is 115 Å². The number of aryl methyl sites for hydroxylation is 1. The van der Waals surface area contributed by atoms with Gasteiger partial charge in [0.15, 0.2) is 11.3 Å². The molecule has 0 radical (unpaired) electrons. The van der Waals surface area contributed by atoms with Gasteiger partial charge in [0, 0.05) is 17.5 Å².